The van der Waals surface area contributed by atoms with Crippen LogP contribution in [0.3, 0.4) is 0 Å². The average molecular weight is 300 g/mol. The van der Waals surface area contributed by atoms with Crippen molar-refractivity contribution in [2.75, 3.05) is 13.1 Å². The summed E-state index contributed by atoms with van der Waals surface area (Å²) >= 11 is 1.41. The molecule has 0 aliphatic carbocycles. The molecule has 0 radical (unpaired) electrons. The Kier molecular flexibility index (Phi) is 3.77. The largest absolute Gasteiger partial charge is 0.507 e. The lowest BCUT2D eigenvalue weighted by molar-refractivity contribution is 0.475. The molecule has 21 heavy (non-hydrogen) atoms. The van der Waals surface area contributed by atoms with E-state index in [1.54, 1.807) is 12.1 Å². The Morgan fingerprint density at radius 2 is 2.24 bits per heavy atom. The highest BCUT2D eigenvalue weighted by molar-refractivity contribution is 7.17. The van der Waals surface area contributed by atoms with Gasteiger partial charge in [-0.15, -0.1) is 11.3 Å². The highest BCUT2D eigenvalue weighted by Gasteiger charge is 2.11. The van der Waals surface area contributed by atoms with Crippen molar-refractivity contribution in [1.82, 2.24) is 10.3 Å². The van der Waals surface area contributed by atoms with Gasteiger partial charge in [0.2, 0.25) is 0 Å². The molecule has 2 heterocycles. The monoisotopic (exact) mass is 300 g/mol. The van der Waals surface area contributed by atoms with Crippen LogP contribution < -0.4 is 10.9 Å². The number of nitrogens with one attached hydrogen (secondary N) is 2. The van der Waals surface area contributed by atoms with Gasteiger partial charge in [0.25, 0.3) is 5.56 Å². The molecule has 5 heteroatoms. The molecule has 0 unspecified atom stereocenters. The summed E-state index contributed by atoms with van der Waals surface area (Å²) in [4.78, 5) is 14.9. The molecule has 0 aliphatic rings. The predicted octanol–water partition coefficient (Wildman–Crippen LogP) is 3.07. The van der Waals surface area contributed by atoms with Crippen LogP contribution in [-0.4, -0.2) is 23.2 Å². The van der Waals surface area contributed by atoms with E-state index < -0.39 is 0 Å². The summed E-state index contributed by atoms with van der Waals surface area (Å²) in [5, 5.41) is 17.0. The second-order valence-corrected chi connectivity index (χ2v) is 5.66. The maximum absolute atomic E-state index is 12.0. The predicted molar refractivity (Wildman–Crippen MR) is 89.2 cm³/mol. The van der Waals surface area contributed by atoms with Crippen LogP contribution in [0.1, 0.15) is 12.5 Å². The number of aromatic nitrogens is 1. The van der Waals surface area contributed by atoms with Crippen LogP contribution in [0.5, 0.6) is 5.75 Å². The number of hydrogen-bond donors (Lipinski definition) is 3. The van der Waals surface area contributed by atoms with Crippen molar-refractivity contribution in [2.45, 2.75) is 6.92 Å². The number of phenolic OH excluding ortho intramolecular Hbond substituents is 1. The molecular weight excluding hydrogens is 284 g/mol. The molecule has 0 atom stereocenters. The van der Waals surface area contributed by atoms with Crippen molar-refractivity contribution in [3.63, 3.8) is 0 Å². The van der Waals surface area contributed by atoms with Gasteiger partial charge in [0.15, 0.2) is 0 Å². The van der Waals surface area contributed by atoms with Crippen LogP contribution in [0.25, 0.3) is 27.1 Å². The van der Waals surface area contributed by atoms with Gasteiger partial charge in [-0.05, 0) is 30.1 Å². The van der Waals surface area contributed by atoms with Crippen molar-refractivity contribution in [3.8, 4) is 5.75 Å². The lowest BCUT2D eigenvalue weighted by Crippen LogP contribution is -2.11. The van der Waals surface area contributed by atoms with Crippen LogP contribution in [0.15, 0.2) is 34.4 Å². The Morgan fingerprint density at radius 1 is 1.38 bits per heavy atom. The van der Waals surface area contributed by atoms with E-state index in [0.717, 1.165) is 34.9 Å². The van der Waals surface area contributed by atoms with Gasteiger partial charge in [0.1, 0.15) is 10.4 Å². The fourth-order valence-electron chi connectivity index (χ4n) is 2.44. The second-order valence-electron chi connectivity index (χ2n) is 4.75. The zero-order valence-electron chi connectivity index (χ0n) is 11.6. The smallest absolute Gasteiger partial charge is 0.266 e. The second kappa shape index (κ2) is 5.71. The Bertz CT molecular complexity index is 877. The topological polar surface area (TPSA) is 65.1 Å². The van der Waals surface area contributed by atoms with E-state index in [9.17, 15) is 9.90 Å². The minimum atomic E-state index is -0.0826. The third-order valence-corrected chi connectivity index (χ3v) is 4.32. The SMILES string of the molecule is CCNCC=Cc1c(O)ccc2[nH]c(=O)c3sccc3c12. The molecule has 2 aromatic heterocycles. The first-order chi connectivity index (χ1) is 10.2. The number of aromatic hydroxyl groups is 1. The summed E-state index contributed by atoms with van der Waals surface area (Å²) in [5.74, 6) is 0.217. The highest BCUT2D eigenvalue weighted by Crippen LogP contribution is 2.33. The minimum Gasteiger partial charge on any atom is -0.507 e. The molecule has 3 N–H and O–H groups in total. The number of hydrogen-bond acceptors (Lipinski definition) is 4. The van der Waals surface area contributed by atoms with Crippen molar-refractivity contribution >= 4 is 38.4 Å². The molecule has 0 bridgehead atoms. The van der Waals surface area contributed by atoms with Gasteiger partial charge in [-0.3, -0.25) is 4.79 Å². The molecule has 0 spiro atoms. The number of pyridine rings is 1. The van der Waals surface area contributed by atoms with E-state index in [0.29, 0.717) is 4.70 Å². The maximum atomic E-state index is 12.0. The number of thiophene rings is 1. The summed E-state index contributed by atoms with van der Waals surface area (Å²) in [7, 11) is 0. The Labute approximate surface area is 125 Å². The maximum Gasteiger partial charge on any atom is 0.266 e. The van der Waals surface area contributed by atoms with Gasteiger partial charge < -0.3 is 15.4 Å². The first-order valence-electron chi connectivity index (χ1n) is 6.84. The van der Waals surface area contributed by atoms with Gasteiger partial charge in [0.05, 0.1) is 0 Å². The Hall–Kier alpha value is -2.11. The molecule has 0 amide bonds. The molecule has 4 nitrogen and oxygen atoms in total. The summed E-state index contributed by atoms with van der Waals surface area (Å²) in [6, 6.07) is 5.28. The fraction of sp³-hybridized carbons (Fsp3) is 0.188. The molecule has 1 aromatic carbocycles. The van der Waals surface area contributed by atoms with E-state index in [2.05, 4.69) is 10.3 Å². The van der Waals surface area contributed by atoms with Crippen LogP contribution in [0.2, 0.25) is 0 Å². The van der Waals surface area contributed by atoms with E-state index >= 15 is 0 Å². The number of H-pyrrole nitrogens is 1. The number of rotatable bonds is 4. The molecule has 0 fully saturated rings. The fourth-order valence-corrected chi connectivity index (χ4v) is 3.23. The number of phenols is 1. The van der Waals surface area contributed by atoms with E-state index in [4.69, 9.17) is 0 Å². The standard InChI is InChI=1S/C16H16N2O2S/c1-2-17-8-3-4-10-13(19)6-5-12-14(10)11-7-9-21-15(11)16(20)18-12/h3-7,9,17,19H,2,8H2,1H3,(H,18,20). The molecule has 3 rings (SSSR count). The molecule has 0 saturated heterocycles. The van der Waals surface area contributed by atoms with Crippen molar-refractivity contribution in [1.29, 1.82) is 0 Å². The van der Waals surface area contributed by atoms with Crippen molar-refractivity contribution in [2.24, 2.45) is 0 Å². The van der Waals surface area contributed by atoms with E-state index in [1.807, 2.05) is 30.5 Å². The summed E-state index contributed by atoms with van der Waals surface area (Å²) in [5.41, 5.74) is 1.40. The van der Waals surface area contributed by atoms with Crippen LogP contribution in [0.4, 0.5) is 0 Å². The molecule has 108 valence electrons. The summed E-state index contributed by atoms with van der Waals surface area (Å²) < 4.78 is 0.689. The van der Waals surface area contributed by atoms with Gasteiger partial charge in [-0.1, -0.05) is 19.1 Å². The van der Waals surface area contributed by atoms with Gasteiger partial charge in [-0.2, -0.15) is 0 Å². The first-order valence-corrected chi connectivity index (χ1v) is 7.72. The van der Waals surface area contributed by atoms with Gasteiger partial charge >= 0.3 is 0 Å². The Morgan fingerprint density at radius 3 is 3.05 bits per heavy atom. The first kappa shape index (κ1) is 13.9. The number of fused-ring (bicyclic) bond motifs is 3. The average Bonchev–Trinajstić information content (AvgIpc) is 2.96. The zero-order valence-corrected chi connectivity index (χ0v) is 12.5. The molecule has 3 aromatic rings. The summed E-state index contributed by atoms with van der Waals surface area (Å²) in [6.45, 7) is 3.68. The highest BCUT2D eigenvalue weighted by atomic mass is 32.1. The van der Waals surface area contributed by atoms with Crippen LogP contribution >= 0.6 is 11.3 Å². The third kappa shape index (κ3) is 2.46. The minimum absolute atomic E-state index is 0.0826. The van der Waals surface area contributed by atoms with Crippen LogP contribution in [0, 0.1) is 0 Å². The number of aromatic amines is 1. The quantitative estimate of drug-likeness (QED) is 0.649. The van der Waals surface area contributed by atoms with Crippen molar-refractivity contribution in [3.05, 3.63) is 45.6 Å². The molecule has 0 saturated carbocycles. The third-order valence-electron chi connectivity index (χ3n) is 3.41. The van der Waals surface area contributed by atoms with E-state index in [-0.39, 0.29) is 11.3 Å². The lowest BCUT2D eigenvalue weighted by atomic mass is 10.0. The normalized spacial score (nSPS) is 11.9. The zero-order chi connectivity index (χ0) is 14.8. The number of likely N-dealkylation sites (N-methyl/N-ethyl adjacent to an activating group) is 1. The van der Waals surface area contributed by atoms with Crippen LogP contribution in [-0.2, 0) is 0 Å². The lowest BCUT2D eigenvalue weighted by Gasteiger charge is -2.07. The number of benzene rings is 1. The van der Waals surface area contributed by atoms with Gasteiger partial charge in [0, 0.05) is 28.4 Å². The van der Waals surface area contributed by atoms with Crippen molar-refractivity contribution < 1.29 is 5.11 Å². The molecule has 0 aliphatic heterocycles. The Balaban J connectivity index is 2.26. The van der Waals surface area contributed by atoms with Gasteiger partial charge in [-0.25, -0.2) is 0 Å². The summed E-state index contributed by atoms with van der Waals surface area (Å²) in [6.07, 6.45) is 3.87. The molecular formula is C16H16N2O2S. The van der Waals surface area contributed by atoms with E-state index in [1.165, 1.54) is 11.3 Å².